The molecule has 3 atom stereocenters. The van der Waals surface area contributed by atoms with Crippen LogP contribution in [0.5, 0.6) is 5.75 Å². The van der Waals surface area contributed by atoms with Crippen molar-refractivity contribution in [2.45, 2.75) is 35.5 Å². The van der Waals surface area contributed by atoms with E-state index in [1.807, 2.05) is 0 Å². The van der Waals surface area contributed by atoms with Crippen LogP contribution in [-0.2, 0) is 34.0 Å². The first-order valence-corrected chi connectivity index (χ1v) is 15.6. The number of hydrogen-bond acceptors (Lipinski definition) is 7. The highest BCUT2D eigenvalue weighted by Gasteiger charge is 2.61. The van der Waals surface area contributed by atoms with Gasteiger partial charge in [0.1, 0.15) is 10.6 Å². The quantitative estimate of drug-likeness (QED) is 0.463. The zero-order chi connectivity index (χ0) is 27.9. The number of halogens is 3. The number of rotatable bonds is 8. The second kappa shape index (κ2) is 10.7. The molecule has 0 aromatic heterocycles. The lowest BCUT2D eigenvalue weighted by Crippen LogP contribution is -2.57. The molecule has 4 rings (SSSR count). The molecule has 2 aliphatic rings. The lowest BCUT2D eigenvalue weighted by atomic mass is 9.75. The van der Waals surface area contributed by atoms with E-state index < -0.39 is 59.4 Å². The van der Waals surface area contributed by atoms with Crippen LogP contribution in [0.2, 0.25) is 5.02 Å². The number of benzene rings is 2. The summed E-state index contributed by atoms with van der Waals surface area (Å²) in [6.07, 6.45) is -1.22. The fraction of sp³-hybridized carbons (Fsp3) is 0.480. The third kappa shape index (κ3) is 5.15. The third-order valence-electron chi connectivity index (χ3n) is 7.33. The molecule has 2 aliphatic heterocycles. The molecule has 1 fully saturated rings. The maximum atomic E-state index is 15.4. The molecule has 2 aromatic carbocycles. The van der Waals surface area contributed by atoms with E-state index in [1.165, 1.54) is 43.1 Å². The first-order valence-electron chi connectivity index (χ1n) is 12.0. The highest BCUT2D eigenvalue weighted by atomic mass is 35.5. The van der Waals surface area contributed by atoms with E-state index in [1.54, 1.807) is 0 Å². The van der Waals surface area contributed by atoms with Gasteiger partial charge in [0.2, 0.25) is 5.91 Å². The Morgan fingerprint density at radius 3 is 2.39 bits per heavy atom. The van der Waals surface area contributed by atoms with Gasteiger partial charge in [0.25, 0.3) is 0 Å². The number of sulfone groups is 2. The molecule has 0 aliphatic carbocycles. The fourth-order valence-electron chi connectivity index (χ4n) is 5.17. The van der Waals surface area contributed by atoms with Crippen LogP contribution < -0.4 is 4.74 Å². The maximum Gasteiger partial charge on any atom is 0.219 e. The van der Waals surface area contributed by atoms with Gasteiger partial charge in [0.15, 0.2) is 31.2 Å². The van der Waals surface area contributed by atoms with Crippen LogP contribution in [-0.4, -0.2) is 72.1 Å². The predicted octanol–water partition coefficient (Wildman–Crippen LogP) is 3.37. The molecule has 2 heterocycles. The number of nitrogens with zero attached hydrogens (tertiary/aromatic N) is 1. The van der Waals surface area contributed by atoms with Crippen LogP contribution in [0, 0.1) is 17.6 Å². The molecule has 0 saturated carbocycles. The molecule has 0 spiro atoms. The second-order valence-corrected chi connectivity index (χ2v) is 14.5. The Bertz CT molecular complexity index is 1430. The Hall–Kier alpha value is -2.28. The lowest BCUT2D eigenvalue weighted by Gasteiger charge is -2.50. The minimum atomic E-state index is -4.39. The van der Waals surface area contributed by atoms with E-state index in [2.05, 4.69) is 0 Å². The number of ether oxygens (including phenoxy) is 2. The molecular formula is C25H28ClF2NO7S2. The van der Waals surface area contributed by atoms with E-state index in [-0.39, 0.29) is 54.9 Å². The predicted molar refractivity (Wildman–Crippen MR) is 137 cm³/mol. The van der Waals surface area contributed by atoms with Crippen LogP contribution in [0.3, 0.4) is 0 Å². The number of hydrogen-bond donors (Lipinski definition) is 0. The summed E-state index contributed by atoms with van der Waals surface area (Å²) < 4.78 is 93.7. The zero-order valence-electron chi connectivity index (χ0n) is 20.8. The van der Waals surface area contributed by atoms with Crippen molar-refractivity contribution in [1.29, 1.82) is 0 Å². The van der Waals surface area contributed by atoms with E-state index in [0.29, 0.717) is 5.02 Å². The topological polar surface area (TPSA) is 107 Å². The van der Waals surface area contributed by atoms with Crippen LogP contribution >= 0.6 is 11.6 Å². The first kappa shape index (κ1) is 28.7. The Labute approximate surface area is 225 Å². The number of amides is 1. The van der Waals surface area contributed by atoms with Crippen molar-refractivity contribution in [3.8, 4) is 5.75 Å². The normalized spacial score (nSPS) is 23.2. The van der Waals surface area contributed by atoms with Gasteiger partial charge < -0.3 is 14.4 Å². The standard InChI is InChI=1S/C25H28ClF2NO7S2/c1-16(30)29(2)11-14-37(31,32)13-9-22-19-15-36-24-21(28)8-7-20(27)23(24)25(19,10-12-35-22)38(33,34)18-5-3-17(26)4-6-18/h3-8,19,22H,9-15H2,1-2H3/t19-,22-,25-/m0/s1. The first-order chi connectivity index (χ1) is 17.8. The Morgan fingerprint density at radius 1 is 1.08 bits per heavy atom. The van der Waals surface area contributed by atoms with Crippen LogP contribution in [0.4, 0.5) is 8.78 Å². The molecule has 13 heteroatoms. The van der Waals surface area contributed by atoms with Gasteiger partial charge in [-0.05, 0) is 49.2 Å². The summed E-state index contributed by atoms with van der Waals surface area (Å²) in [5.74, 6) is -4.26. The summed E-state index contributed by atoms with van der Waals surface area (Å²) in [7, 11) is -6.55. The van der Waals surface area contributed by atoms with Crippen LogP contribution in [0.25, 0.3) is 0 Å². The maximum absolute atomic E-state index is 15.4. The average Bonchev–Trinajstić information content (AvgIpc) is 2.87. The van der Waals surface area contributed by atoms with Gasteiger partial charge in [-0.25, -0.2) is 25.6 Å². The minimum Gasteiger partial charge on any atom is -0.490 e. The summed E-state index contributed by atoms with van der Waals surface area (Å²) in [6, 6.07) is 7.12. The smallest absolute Gasteiger partial charge is 0.219 e. The van der Waals surface area contributed by atoms with Crippen molar-refractivity contribution in [2.75, 3.05) is 38.3 Å². The van der Waals surface area contributed by atoms with Gasteiger partial charge in [-0.1, -0.05) is 11.6 Å². The molecule has 0 N–H and O–H groups in total. The van der Waals surface area contributed by atoms with E-state index in [0.717, 1.165) is 12.1 Å². The van der Waals surface area contributed by atoms with Crippen molar-refractivity contribution < 1.29 is 39.9 Å². The van der Waals surface area contributed by atoms with Gasteiger partial charge in [-0.15, -0.1) is 0 Å². The molecular weight excluding hydrogens is 564 g/mol. The molecule has 1 saturated heterocycles. The van der Waals surface area contributed by atoms with Crippen molar-refractivity contribution in [1.82, 2.24) is 4.90 Å². The van der Waals surface area contributed by atoms with Gasteiger partial charge in [-0.2, -0.15) is 0 Å². The molecule has 38 heavy (non-hydrogen) atoms. The fourth-order valence-corrected chi connectivity index (χ4v) is 8.98. The number of carbonyl (C=O) groups is 1. The zero-order valence-corrected chi connectivity index (χ0v) is 23.2. The summed E-state index contributed by atoms with van der Waals surface area (Å²) in [6.45, 7) is 0.878. The molecule has 1 amide bonds. The monoisotopic (exact) mass is 591 g/mol. The van der Waals surface area contributed by atoms with E-state index >= 15 is 4.39 Å². The second-order valence-electron chi connectivity index (χ2n) is 9.54. The molecule has 0 bridgehead atoms. The van der Waals surface area contributed by atoms with Gasteiger partial charge >= 0.3 is 0 Å². The highest BCUT2D eigenvalue weighted by Crippen LogP contribution is 2.55. The largest absolute Gasteiger partial charge is 0.490 e. The van der Waals surface area contributed by atoms with Crippen LogP contribution in [0.15, 0.2) is 41.3 Å². The SMILES string of the molecule is CC(=O)N(C)CCS(=O)(=O)CC[C@@H]1OCC[C@@]2(S(=O)(=O)c3ccc(Cl)cc3)c3c(F)ccc(F)c3OC[C@@H]12. The highest BCUT2D eigenvalue weighted by molar-refractivity contribution is 7.92. The number of fused-ring (bicyclic) bond motifs is 3. The van der Waals surface area contributed by atoms with Crippen molar-refractivity contribution in [3.05, 3.63) is 58.6 Å². The van der Waals surface area contributed by atoms with Crippen molar-refractivity contribution >= 4 is 37.2 Å². The van der Waals surface area contributed by atoms with E-state index in [9.17, 15) is 26.0 Å². The molecule has 2 aromatic rings. The molecule has 0 unspecified atom stereocenters. The minimum absolute atomic E-state index is 0.00246. The summed E-state index contributed by atoms with van der Waals surface area (Å²) in [5.41, 5.74) is -0.414. The third-order valence-corrected chi connectivity index (χ3v) is 11.8. The van der Waals surface area contributed by atoms with Crippen molar-refractivity contribution in [3.63, 3.8) is 0 Å². The van der Waals surface area contributed by atoms with E-state index in [4.69, 9.17) is 21.1 Å². The lowest BCUT2D eigenvalue weighted by molar-refractivity contribution is -0.127. The molecule has 0 radical (unpaired) electrons. The van der Waals surface area contributed by atoms with Gasteiger partial charge in [0, 0.05) is 38.1 Å². The average molecular weight is 592 g/mol. The van der Waals surface area contributed by atoms with Gasteiger partial charge in [0.05, 0.1) is 34.7 Å². The Morgan fingerprint density at radius 2 is 1.74 bits per heavy atom. The van der Waals surface area contributed by atoms with Crippen molar-refractivity contribution in [2.24, 2.45) is 5.92 Å². The van der Waals surface area contributed by atoms with Crippen LogP contribution in [0.1, 0.15) is 25.3 Å². The Kier molecular flexibility index (Phi) is 8.09. The summed E-state index contributed by atoms with van der Waals surface area (Å²) in [4.78, 5) is 12.6. The summed E-state index contributed by atoms with van der Waals surface area (Å²) >= 11 is 5.96. The van der Waals surface area contributed by atoms with Gasteiger partial charge in [-0.3, -0.25) is 4.79 Å². The molecule has 8 nitrogen and oxygen atoms in total. The molecule has 208 valence electrons. The Balaban J connectivity index is 1.74. The number of carbonyl (C=O) groups excluding carboxylic acids is 1. The summed E-state index contributed by atoms with van der Waals surface area (Å²) in [5, 5.41) is 0.299.